The van der Waals surface area contributed by atoms with Gasteiger partial charge in [-0.1, -0.05) is 5.57 Å². The second-order valence-corrected chi connectivity index (χ2v) is 10.8. The molecule has 1 fully saturated rings. The molecule has 0 atom stereocenters. The molecule has 10 heteroatoms. The maximum Gasteiger partial charge on any atom is 0.196 e. The summed E-state index contributed by atoms with van der Waals surface area (Å²) >= 11 is 4.71. The summed E-state index contributed by atoms with van der Waals surface area (Å²) < 4.78 is 5.48. The molecule has 0 aromatic carbocycles. The number of likely N-dealkylation sites (tertiary alicyclic amines) is 1. The predicted octanol–water partition coefficient (Wildman–Crippen LogP) is 3.45. The predicted molar refractivity (Wildman–Crippen MR) is 160 cm³/mol. The number of aliphatic imine (C=N–C) groups is 2. The van der Waals surface area contributed by atoms with Crippen LogP contribution in [0.15, 0.2) is 43.5 Å². The van der Waals surface area contributed by atoms with Crippen LogP contribution in [0.3, 0.4) is 0 Å². The lowest BCUT2D eigenvalue weighted by molar-refractivity contribution is -0.0113. The van der Waals surface area contributed by atoms with Crippen LogP contribution < -0.4 is 16.4 Å². The number of aliphatic hydroxyl groups is 1. The van der Waals surface area contributed by atoms with Gasteiger partial charge >= 0.3 is 0 Å². The number of nitrogens with one attached hydrogen (secondary N) is 3. The second-order valence-electron chi connectivity index (χ2n) is 10.2. The van der Waals surface area contributed by atoms with Crippen molar-refractivity contribution in [2.75, 3.05) is 45.9 Å². The molecule has 0 bridgehead atoms. The Labute approximate surface area is 229 Å². The number of thiol groups is 1. The molecule has 0 spiro atoms. The van der Waals surface area contributed by atoms with Crippen LogP contribution in [0, 0.1) is 11.3 Å². The average molecular weight is 536 g/mol. The summed E-state index contributed by atoms with van der Waals surface area (Å²) in [6.07, 6.45) is 4.76. The quantitative estimate of drug-likeness (QED) is 0.0704. The molecule has 1 heterocycles. The normalized spacial score (nSPS) is 17.4. The molecule has 0 amide bonds. The van der Waals surface area contributed by atoms with E-state index >= 15 is 0 Å². The van der Waals surface area contributed by atoms with E-state index in [1.54, 1.807) is 13.1 Å². The highest BCUT2D eigenvalue weighted by Crippen LogP contribution is 2.30. The van der Waals surface area contributed by atoms with Crippen molar-refractivity contribution in [3.63, 3.8) is 0 Å². The summed E-state index contributed by atoms with van der Waals surface area (Å²) in [5.41, 5.74) is 8.78. The molecular weight excluding hydrogens is 486 g/mol. The van der Waals surface area contributed by atoms with E-state index in [4.69, 9.17) is 33.5 Å². The fraction of sp³-hybridized carbons (Fsp3) is 0.667. The van der Waals surface area contributed by atoms with Gasteiger partial charge < -0.3 is 31.6 Å². The average Bonchev–Trinajstić information content (AvgIpc) is 2.82. The van der Waals surface area contributed by atoms with Crippen molar-refractivity contribution in [2.45, 2.75) is 66.9 Å². The summed E-state index contributed by atoms with van der Waals surface area (Å²) in [6.45, 7) is 18.4. The van der Waals surface area contributed by atoms with Crippen molar-refractivity contribution >= 4 is 30.6 Å². The Kier molecular flexibility index (Phi) is 14.8. The highest BCUT2D eigenvalue weighted by molar-refractivity contribution is 7.84. The van der Waals surface area contributed by atoms with Gasteiger partial charge in [0, 0.05) is 49.1 Å². The highest BCUT2D eigenvalue weighted by atomic mass is 32.1. The molecule has 1 rings (SSSR count). The summed E-state index contributed by atoms with van der Waals surface area (Å²) in [5.74, 6) is 1.31. The number of allylic oxidation sites excluding steroid dienone is 2. The van der Waals surface area contributed by atoms with Crippen LogP contribution in [0.25, 0.3) is 0 Å². The van der Waals surface area contributed by atoms with Crippen LogP contribution in [-0.2, 0) is 4.74 Å². The summed E-state index contributed by atoms with van der Waals surface area (Å²) in [4.78, 5) is 12.3. The van der Waals surface area contributed by atoms with E-state index < -0.39 is 5.60 Å². The third-order valence-electron chi connectivity index (χ3n) is 6.25. The molecule has 210 valence electrons. The van der Waals surface area contributed by atoms with Gasteiger partial charge in [-0.25, -0.2) is 9.98 Å². The number of ether oxygens (including phenoxy) is 1. The molecule has 0 aromatic heterocycles. The van der Waals surface area contributed by atoms with E-state index in [0.29, 0.717) is 49.6 Å². The monoisotopic (exact) mass is 535 g/mol. The first-order valence-electron chi connectivity index (χ1n) is 13.0. The largest absolute Gasteiger partial charge is 0.390 e. The van der Waals surface area contributed by atoms with Crippen LogP contribution >= 0.6 is 12.6 Å². The molecule has 0 radical (unpaired) electrons. The number of nitrogens with two attached hydrogens (primary N) is 1. The molecule has 9 nitrogen and oxygen atoms in total. The van der Waals surface area contributed by atoms with E-state index in [0.717, 1.165) is 48.7 Å². The number of piperidine rings is 1. The van der Waals surface area contributed by atoms with Crippen LogP contribution in [-0.4, -0.2) is 79.6 Å². The highest BCUT2D eigenvalue weighted by Gasteiger charge is 2.31. The first-order valence-corrected chi connectivity index (χ1v) is 13.5. The van der Waals surface area contributed by atoms with Crippen molar-refractivity contribution < 1.29 is 9.84 Å². The topological polar surface area (TPSA) is 131 Å². The Morgan fingerprint density at radius 3 is 2.35 bits per heavy atom. The maximum absolute atomic E-state index is 10.4. The summed E-state index contributed by atoms with van der Waals surface area (Å²) in [5, 5.41) is 24.7. The molecule has 0 unspecified atom stereocenters. The fourth-order valence-corrected chi connectivity index (χ4v) is 4.19. The van der Waals surface area contributed by atoms with E-state index in [1.165, 1.54) is 11.8 Å². The first-order chi connectivity index (χ1) is 17.4. The van der Waals surface area contributed by atoms with Crippen LogP contribution in [0.1, 0.15) is 61.3 Å². The zero-order valence-corrected chi connectivity index (χ0v) is 24.7. The smallest absolute Gasteiger partial charge is 0.196 e. The van der Waals surface area contributed by atoms with Crippen LogP contribution in [0.5, 0.6) is 0 Å². The molecule has 6 N–H and O–H groups in total. The lowest BCUT2D eigenvalue weighted by Crippen LogP contribution is -2.42. The number of hydrogen-bond donors (Lipinski definition) is 6. The van der Waals surface area contributed by atoms with Gasteiger partial charge in [-0.15, -0.1) is 12.6 Å². The van der Waals surface area contributed by atoms with Gasteiger partial charge in [0.2, 0.25) is 0 Å². The van der Waals surface area contributed by atoms with Crippen molar-refractivity contribution in [3.05, 3.63) is 33.5 Å². The molecule has 37 heavy (non-hydrogen) atoms. The van der Waals surface area contributed by atoms with Crippen LogP contribution in [0.2, 0.25) is 0 Å². The van der Waals surface area contributed by atoms with Gasteiger partial charge in [-0.05, 0) is 85.9 Å². The van der Waals surface area contributed by atoms with Gasteiger partial charge in [0.25, 0.3) is 0 Å². The molecule has 1 saturated heterocycles. The standard InChI is InChI=1S/C27H49N7O2S/c1-8-36-14-11-30-26(32-17-22(15-28)16-31-21(5)29)33-25(20(4)37)24(19(2)3)18-34-12-9-23(10-13-34)27(6,7)35/h15-16,23,28,35,37H,8-14,17-18H2,1-7H3,(H2,29,31)(H2,30,32,33)/b22-16+,25-20+,28-15?. The van der Waals surface area contributed by atoms with Gasteiger partial charge in [-0.2, -0.15) is 0 Å². The van der Waals surface area contributed by atoms with E-state index in [9.17, 15) is 5.11 Å². The zero-order valence-electron chi connectivity index (χ0n) is 23.8. The molecule has 1 aliphatic rings. The maximum atomic E-state index is 10.4. The van der Waals surface area contributed by atoms with E-state index in [1.807, 2.05) is 27.7 Å². The molecular formula is C27H49N7O2S. The van der Waals surface area contributed by atoms with Crippen LogP contribution in [0.4, 0.5) is 0 Å². The third-order valence-corrected chi connectivity index (χ3v) is 6.46. The lowest BCUT2D eigenvalue weighted by Gasteiger charge is -2.38. The fourth-order valence-electron chi connectivity index (χ4n) is 4.00. The minimum absolute atomic E-state index is 0.312. The zero-order chi connectivity index (χ0) is 28.0. The van der Waals surface area contributed by atoms with Gasteiger partial charge in [0.15, 0.2) is 5.96 Å². The molecule has 0 saturated carbocycles. The third kappa shape index (κ3) is 12.8. The Balaban J connectivity index is 3.16. The molecule has 1 aliphatic heterocycles. The molecule has 0 aliphatic carbocycles. The minimum atomic E-state index is -0.645. The number of guanidine groups is 1. The van der Waals surface area contributed by atoms with E-state index in [2.05, 4.69) is 34.4 Å². The van der Waals surface area contributed by atoms with Crippen molar-refractivity contribution in [3.8, 4) is 0 Å². The van der Waals surface area contributed by atoms with Gasteiger partial charge in [0.05, 0.1) is 23.7 Å². The second kappa shape index (κ2) is 16.7. The Bertz CT molecular complexity index is 881. The Hall–Kier alpha value is -2.14. The lowest BCUT2D eigenvalue weighted by atomic mass is 9.83. The number of amidine groups is 1. The van der Waals surface area contributed by atoms with Crippen molar-refractivity contribution in [1.29, 1.82) is 5.41 Å². The Morgan fingerprint density at radius 1 is 1.22 bits per heavy atom. The summed E-state index contributed by atoms with van der Waals surface area (Å²) in [7, 11) is 0. The summed E-state index contributed by atoms with van der Waals surface area (Å²) in [6, 6.07) is 0. The van der Waals surface area contributed by atoms with Gasteiger partial charge in [-0.3, -0.25) is 4.90 Å². The number of rotatable bonds is 13. The number of hydrogen-bond acceptors (Lipinski definition) is 7. The molecule has 0 aromatic rings. The van der Waals surface area contributed by atoms with Crippen molar-refractivity contribution in [1.82, 2.24) is 15.5 Å². The number of nitrogens with zero attached hydrogens (tertiary/aromatic N) is 3. The Morgan fingerprint density at radius 2 is 1.86 bits per heavy atom. The van der Waals surface area contributed by atoms with E-state index in [-0.39, 0.29) is 0 Å². The van der Waals surface area contributed by atoms with Crippen molar-refractivity contribution in [2.24, 2.45) is 21.6 Å². The SMILES string of the molecule is CCOCCN/C(=N/C(C(CN1CCC(C(C)(C)O)CC1)=C(C)C)=C(\C)S)NC/C(C=N)=C/N=C(\C)N. The minimum Gasteiger partial charge on any atom is -0.390 e. The van der Waals surface area contributed by atoms with Gasteiger partial charge in [0.1, 0.15) is 0 Å². The first kappa shape index (κ1) is 32.9.